The largest absolute Gasteiger partial charge is 0.373 e. The molecule has 0 spiro atoms. The predicted molar refractivity (Wildman–Crippen MR) is 91.5 cm³/mol. The zero-order valence-corrected chi connectivity index (χ0v) is 15.2. The number of rotatable bonds is 6. The van der Waals surface area contributed by atoms with Gasteiger partial charge in [-0.3, -0.25) is 9.69 Å². The number of amides is 1. The third kappa shape index (κ3) is 9.53. The van der Waals surface area contributed by atoms with Gasteiger partial charge in [-0.05, 0) is 47.1 Å². The highest BCUT2D eigenvalue weighted by Crippen LogP contribution is 2.11. The Morgan fingerprint density at radius 2 is 1.76 bits per heavy atom. The van der Waals surface area contributed by atoms with Crippen LogP contribution in [0.5, 0.6) is 0 Å². The summed E-state index contributed by atoms with van der Waals surface area (Å²) in [7, 11) is 0. The minimum atomic E-state index is -0.783. The van der Waals surface area contributed by atoms with Crippen LogP contribution < -0.4 is 11.1 Å². The Labute approximate surface area is 141 Å². The Balaban J connectivity index is 0. The molecule has 0 aromatic heterocycles. The van der Waals surface area contributed by atoms with Gasteiger partial charge in [0.1, 0.15) is 0 Å². The van der Waals surface area contributed by atoms with Gasteiger partial charge in [-0.2, -0.15) is 0 Å². The molecule has 1 aliphatic heterocycles. The molecule has 0 radical (unpaired) electrons. The first kappa shape index (κ1) is 23.2. The molecular formula is C14H31Cl2N3O2. The highest BCUT2D eigenvalue weighted by molar-refractivity contribution is 5.85. The molecule has 2 unspecified atom stereocenters. The van der Waals surface area contributed by atoms with Gasteiger partial charge in [0.05, 0.1) is 17.7 Å². The Kier molecular flexibility index (Phi) is 11.7. The van der Waals surface area contributed by atoms with E-state index in [2.05, 4.69) is 24.1 Å². The number of hydrogen-bond donors (Lipinski definition) is 2. The normalized spacial score (nSPS) is 22.9. The lowest BCUT2D eigenvalue weighted by Crippen LogP contribution is -2.49. The molecule has 21 heavy (non-hydrogen) atoms. The van der Waals surface area contributed by atoms with Crippen LogP contribution in [-0.4, -0.2) is 54.7 Å². The Bertz CT molecular complexity index is 288. The zero-order chi connectivity index (χ0) is 14.5. The summed E-state index contributed by atoms with van der Waals surface area (Å²) < 4.78 is 5.70. The van der Waals surface area contributed by atoms with Crippen molar-refractivity contribution >= 4 is 30.7 Å². The predicted octanol–water partition coefficient (Wildman–Crippen LogP) is 1.57. The molecular weight excluding hydrogens is 313 g/mol. The first-order valence-electron chi connectivity index (χ1n) is 7.24. The molecule has 1 heterocycles. The average Bonchev–Trinajstić information content (AvgIpc) is 2.25. The number of nitrogens with one attached hydrogen (secondary N) is 1. The lowest BCUT2D eigenvalue weighted by molar-refractivity contribution is -0.125. The second-order valence-electron chi connectivity index (χ2n) is 6.20. The topological polar surface area (TPSA) is 67.6 Å². The monoisotopic (exact) mass is 343 g/mol. The van der Waals surface area contributed by atoms with Gasteiger partial charge in [-0.25, -0.2) is 0 Å². The van der Waals surface area contributed by atoms with Crippen molar-refractivity contribution in [3.8, 4) is 0 Å². The summed E-state index contributed by atoms with van der Waals surface area (Å²) in [6.45, 7) is 11.5. The van der Waals surface area contributed by atoms with Crippen molar-refractivity contribution in [3.63, 3.8) is 0 Å². The van der Waals surface area contributed by atoms with E-state index in [0.717, 1.165) is 32.5 Å². The van der Waals surface area contributed by atoms with E-state index in [4.69, 9.17) is 10.5 Å². The van der Waals surface area contributed by atoms with Crippen molar-refractivity contribution in [2.45, 2.75) is 58.3 Å². The van der Waals surface area contributed by atoms with E-state index >= 15 is 0 Å². The summed E-state index contributed by atoms with van der Waals surface area (Å²) in [4.78, 5) is 14.0. The Morgan fingerprint density at radius 1 is 1.24 bits per heavy atom. The molecule has 1 aliphatic rings. The smallest absolute Gasteiger partial charge is 0.239 e. The fourth-order valence-electron chi connectivity index (χ4n) is 2.36. The Hall–Kier alpha value is -0.0700. The van der Waals surface area contributed by atoms with E-state index in [-0.39, 0.29) is 30.7 Å². The minimum absolute atomic E-state index is 0. The second kappa shape index (κ2) is 10.6. The molecule has 7 heteroatoms. The number of morpholine rings is 1. The summed E-state index contributed by atoms with van der Waals surface area (Å²) in [6, 6.07) is 0. The first-order chi connectivity index (χ1) is 8.79. The fraction of sp³-hybridized carbons (Fsp3) is 0.929. The van der Waals surface area contributed by atoms with E-state index in [0.29, 0.717) is 18.8 Å². The standard InChI is InChI=1S/C14H29N3O2.2ClH/c1-11-9-17(10-12(2)19-11)8-6-5-7-16-13(18)14(3,4)15;;/h11-12H,5-10,15H2,1-4H3,(H,16,18);2*1H. The van der Waals surface area contributed by atoms with Gasteiger partial charge in [0.15, 0.2) is 0 Å². The van der Waals surface area contributed by atoms with Gasteiger partial charge < -0.3 is 15.8 Å². The number of ether oxygens (including phenoxy) is 1. The van der Waals surface area contributed by atoms with Crippen molar-refractivity contribution in [2.75, 3.05) is 26.2 Å². The van der Waals surface area contributed by atoms with Gasteiger partial charge in [-0.15, -0.1) is 24.8 Å². The molecule has 128 valence electrons. The lowest BCUT2D eigenvalue weighted by Gasteiger charge is -2.35. The molecule has 2 atom stereocenters. The zero-order valence-electron chi connectivity index (χ0n) is 13.6. The number of hydrogen-bond acceptors (Lipinski definition) is 4. The first-order valence-corrected chi connectivity index (χ1v) is 7.24. The van der Waals surface area contributed by atoms with E-state index in [9.17, 15) is 4.79 Å². The van der Waals surface area contributed by atoms with Crippen LogP contribution in [0.15, 0.2) is 0 Å². The highest BCUT2D eigenvalue weighted by Gasteiger charge is 2.22. The number of unbranched alkanes of at least 4 members (excludes halogenated alkanes) is 1. The van der Waals surface area contributed by atoms with Crippen LogP contribution in [0.1, 0.15) is 40.5 Å². The lowest BCUT2D eigenvalue weighted by atomic mass is 10.1. The van der Waals surface area contributed by atoms with Gasteiger partial charge >= 0.3 is 0 Å². The fourth-order valence-corrected chi connectivity index (χ4v) is 2.36. The third-order valence-electron chi connectivity index (χ3n) is 3.27. The number of nitrogens with zero attached hydrogens (tertiary/aromatic N) is 1. The minimum Gasteiger partial charge on any atom is -0.373 e. The van der Waals surface area contributed by atoms with Crippen molar-refractivity contribution in [1.82, 2.24) is 10.2 Å². The SMILES string of the molecule is CC1CN(CCCCNC(=O)C(C)(C)N)CC(C)O1.Cl.Cl. The number of halogens is 2. The average molecular weight is 344 g/mol. The van der Waals surface area contributed by atoms with Crippen LogP contribution in [0.2, 0.25) is 0 Å². The van der Waals surface area contributed by atoms with Crippen LogP contribution in [0.4, 0.5) is 0 Å². The van der Waals surface area contributed by atoms with Crippen LogP contribution in [0.3, 0.4) is 0 Å². The van der Waals surface area contributed by atoms with Gasteiger partial charge in [-0.1, -0.05) is 0 Å². The molecule has 1 saturated heterocycles. The molecule has 0 aliphatic carbocycles. The molecule has 1 fully saturated rings. The maximum absolute atomic E-state index is 11.6. The van der Waals surface area contributed by atoms with Gasteiger partial charge in [0.2, 0.25) is 5.91 Å². The third-order valence-corrected chi connectivity index (χ3v) is 3.27. The van der Waals surface area contributed by atoms with E-state index in [1.54, 1.807) is 13.8 Å². The molecule has 1 rings (SSSR count). The molecule has 5 nitrogen and oxygen atoms in total. The van der Waals surface area contributed by atoms with E-state index < -0.39 is 5.54 Å². The summed E-state index contributed by atoms with van der Waals surface area (Å²) in [5.74, 6) is -0.0823. The summed E-state index contributed by atoms with van der Waals surface area (Å²) in [6.07, 6.45) is 2.72. The Morgan fingerprint density at radius 3 is 2.24 bits per heavy atom. The molecule has 3 N–H and O–H groups in total. The molecule has 1 amide bonds. The van der Waals surface area contributed by atoms with Crippen LogP contribution >= 0.6 is 24.8 Å². The molecule has 0 saturated carbocycles. The highest BCUT2D eigenvalue weighted by atomic mass is 35.5. The second-order valence-corrected chi connectivity index (χ2v) is 6.20. The van der Waals surface area contributed by atoms with Crippen molar-refractivity contribution in [3.05, 3.63) is 0 Å². The van der Waals surface area contributed by atoms with Crippen molar-refractivity contribution in [2.24, 2.45) is 5.73 Å². The number of carbonyl (C=O) groups is 1. The maximum atomic E-state index is 11.6. The number of nitrogens with two attached hydrogens (primary N) is 1. The molecule has 0 aromatic rings. The summed E-state index contributed by atoms with van der Waals surface area (Å²) >= 11 is 0. The van der Waals surface area contributed by atoms with Crippen molar-refractivity contribution in [1.29, 1.82) is 0 Å². The van der Waals surface area contributed by atoms with E-state index in [1.165, 1.54) is 0 Å². The van der Waals surface area contributed by atoms with Crippen LogP contribution in [-0.2, 0) is 9.53 Å². The molecule has 0 aromatic carbocycles. The van der Waals surface area contributed by atoms with Crippen LogP contribution in [0.25, 0.3) is 0 Å². The van der Waals surface area contributed by atoms with Gasteiger partial charge in [0.25, 0.3) is 0 Å². The quantitative estimate of drug-likeness (QED) is 0.718. The van der Waals surface area contributed by atoms with E-state index in [1.807, 2.05) is 0 Å². The number of carbonyl (C=O) groups excluding carboxylic acids is 1. The van der Waals surface area contributed by atoms with Crippen molar-refractivity contribution < 1.29 is 9.53 Å². The maximum Gasteiger partial charge on any atom is 0.239 e. The van der Waals surface area contributed by atoms with Crippen LogP contribution in [0, 0.1) is 0 Å². The molecule has 0 bridgehead atoms. The summed E-state index contributed by atoms with van der Waals surface area (Å²) in [5, 5.41) is 2.87. The summed E-state index contributed by atoms with van der Waals surface area (Å²) in [5.41, 5.74) is 4.92. The van der Waals surface area contributed by atoms with Gasteiger partial charge in [0, 0.05) is 19.6 Å².